The van der Waals surface area contributed by atoms with Gasteiger partial charge in [0.2, 0.25) is 0 Å². The molecule has 0 N–H and O–H groups in total. The maximum Gasteiger partial charge on any atom is 0.410 e. The van der Waals surface area contributed by atoms with Crippen LogP contribution in [0.2, 0.25) is 0 Å². The predicted molar refractivity (Wildman–Crippen MR) is 166 cm³/mol. The number of hydrogen-bond acceptors (Lipinski definition) is 10. The molecule has 2 amide bonds. The Bertz CT molecular complexity index is 1630. The normalized spacial score (nSPS) is 17.0. The molecule has 0 atom stereocenters. The van der Waals surface area contributed by atoms with E-state index < -0.39 is 11.4 Å². The van der Waals surface area contributed by atoms with Crippen molar-refractivity contribution in [2.75, 3.05) is 24.5 Å². The highest BCUT2D eigenvalue weighted by molar-refractivity contribution is 5.97. The number of rotatable bonds is 8. The zero-order valence-corrected chi connectivity index (χ0v) is 27.1. The lowest BCUT2D eigenvalue weighted by atomic mass is 9.61. The van der Waals surface area contributed by atoms with Gasteiger partial charge in [-0.1, -0.05) is 0 Å². The van der Waals surface area contributed by atoms with Gasteiger partial charge in [0.05, 0.1) is 24.3 Å². The van der Waals surface area contributed by atoms with Crippen LogP contribution in [0.1, 0.15) is 76.0 Å². The van der Waals surface area contributed by atoms with E-state index in [2.05, 4.69) is 25.1 Å². The average molecular weight is 634 g/mol. The highest BCUT2D eigenvalue weighted by Gasteiger charge is 2.54. The lowest BCUT2D eigenvalue weighted by molar-refractivity contribution is -0.0350. The number of benzene rings is 1. The molecule has 1 aliphatic carbocycles. The molecule has 0 bridgehead atoms. The van der Waals surface area contributed by atoms with Gasteiger partial charge in [0.15, 0.2) is 5.82 Å². The molecule has 1 saturated carbocycles. The van der Waals surface area contributed by atoms with E-state index in [0.29, 0.717) is 25.5 Å². The van der Waals surface area contributed by atoms with Crippen molar-refractivity contribution < 1.29 is 28.2 Å². The van der Waals surface area contributed by atoms with Gasteiger partial charge < -0.3 is 24.0 Å². The number of nitrogens with zero attached hydrogens (tertiary/aromatic N) is 7. The van der Waals surface area contributed by atoms with Gasteiger partial charge in [-0.2, -0.15) is 0 Å². The van der Waals surface area contributed by atoms with Crippen molar-refractivity contribution in [3.8, 4) is 17.4 Å². The van der Waals surface area contributed by atoms with Gasteiger partial charge in [-0.3, -0.25) is 14.7 Å². The van der Waals surface area contributed by atoms with Crippen molar-refractivity contribution in [2.45, 2.75) is 85.2 Å². The smallest absolute Gasteiger partial charge is 0.410 e. The quantitative estimate of drug-likeness (QED) is 0.320. The molecular formula is C33H40FN7O5. The first kappa shape index (κ1) is 31.4. The molecule has 13 heteroatoms. The second-order valence-corrected chi connectivity index (χ2v) is 13.6. The summed E-state index contributed by atoms with van der Waals surface area (Å²) in [7, 11) is 0. The van der Waals surface area contributed by atoms with Crippen molar-refractivity contribution in [3.05, 3.63) is 59.4 Å². The van der Waals surface area contributed by atoms with Crippen molar-refractivity contribution >= 4 is 17.8 Å². The fourth-order valence-electron chi connectivity index (χ4n) is 6.46. The maximum absolute atomic E-state index is 14.2. The van der Waals surface area contributed by atoms with Crippen LogP contribution >= 0.6 is 0 Å². The van der Waals surface area contributed by atoms with Gasteiger partial charge in [-0.15, -0.1) is 10.2 Å². The maximum atomic E-state index is 14.2. The third-order valence-electron chi connectivity index (χ3n) is 8.59. The first-order chi connectivity index (χ1) is 21.8. The minimum Gasteiger partial charge on any atom is -0.490 e. The first-order valence-corrected chi connectivity index (χ1v) is 15.7. The standard InChI is InChI=1S/C33H40FN7O5/c1-7-41(20(2)3)30(42)23-12-21(34)8-9-26(23)45-29-28(36-19-37-38-29)40-17-33(18-40)13-22(14-33)44-27-10-11-35-25-16-39(15-24(25)27)31(43)46-32(4,5)6/h8-12,19-20,22H,7,13-18H2,1-6H3. The van der Waals surface area contributed by atoms with E-state index in [9.17, 15) is 14.0 Å². The second kappa shape index (κ2) is 12.0. The number of ether oxygens (including phenoxy) is 3. The number of amides is 2. The summed E-state index contributed by atoms with van der Waals surface area (Å²) in [6.07, 6.45) is 4.49. The number of anilines is 1. The number of aromatic nitrogens is 4. The van der Waals surface area contributed by atoms with Crippen LogP contribution in [-0.2, 0) is 17.8 Å². The zero-order valence-electron chi connectivity index (χ0n) is 27.1. The Morgan fingerprint density at radius 1 is 1.11 bits per heavy atom. The molecule has 1 saturated heterocycles. The molecule has 4 heterocycles. The third-order valence-corrected chi connectivity index (χ3v) is 8.59. The summed E-state index contributed by atoms with van der Waals surface area (Å²) < 4.78 is 32.3. The molecule has 244 valence electrons. The largest absolute Gasteiger partial charge is 0.490 e. The van der Waals surface area contributed by atoms with E-state index in [1.807, 2.05) is 47.6 Å². The van der Waals surface area contributed by atoms with Gasteiger partial charge in [-0.25, -0.2) is 14.2 Å². The fraction of sp³-hybridized carbons (Fsp3) is 0.515. The molecule has 3 aromatic rings. The zero-order chi connectivity index (χ0) is 32.8. The molecule has 2 aromatic heterocycles. The topological polar surface area (TPSA) is 123 Å². The van der Waals surface area contributed by atoms with Crippen LogP contribution in [0.3, 0.4) is 0 Å². The molecule has 1 aromatic carbocycles. The van der Waals surface area contributed by atoms with Gasteiger partial charge in [-0.05, 0) is 78.6 Å². The number of fused-ring (bicyclic) bond motifs is 1. The molecule has 6 rings (SSSR count). The first-order valence-electron chi connectivity index (χ1n) is 15.7. The molecule has 2 aliphatic heterocycles. The number of pyridine rings is 1. The molecule has 2 fully saturated rings. The number of halogens is 1. The van der Waals surface area contributed by atoms with E-state index in [0.717, 1.165) is 42.9 Å². The van der Waals surface area contributed by atoms with Gasteiger partial charge in [0.1, 0.15) is 35.3 Å². The van der Waals surface area contributed by atoms with Gasteiger partial charge >= 0.3 is 6.09 Å². The molecule has 1 spiro atoms. The Morgan fingerprint density at radius 3 is 2.57 bits per heavy atom. The van der Waals surface area contributed by atoms with Crippen LogP contribution < -0.4 is 14.4 Å². The Hall–Kier alpha value is -4.55. The monoisotopic (exact) mass is 633 g/mol. The van der Waals surface area contributed by atoms with Crippen molar-refractivity contribution in [2.24, 2.45) is 5.41 Å². The van der Waals surface area contributed by atoms with Crippen LogP contribution in [0, 0.1) is 11.2 Å². The van der Waals surface area contributed by atoms with Crippen LogP contribution in [0.5, 0.6) is 17.4 Å². The summed E-state index contributed by atoms with van der Waals surface area (Å²) in [4.78, 5) is 40.2. The number of carbonyl (C=O) groups excluding carboxylic acids is 2. The van der Waals surface area contributed by atoms with Crippen molar-refractivity contribution in [1.82, 2.24) is 30.0 Å². The minimum atomic E-state index is -0.572. The molecule has 3 aliphatic rings. The van der Waals surface area contributed by atoms with Crippen LogP contribution in [0.15, 0.2) is 36.8 Å². The van der Waals surface area contributed by atoms with E-state index in [1.54, 1.807) is 16.0 Å². The van der Waals surface area contributed by atoms with E-state index >= 15 is 0 Å². The summed E-state index contributed by atoms with van der Waals surface area (Å²) in [6.45, 7) is 14.0. The molecule has 0 unspecified atom stereocenters. The molecule has 12 nitrogen and oxygen atoms in total. The highest BCUT2D eigenvalue weighted by Crippen LogP contribution is 2.52. The highest BCUT2D eigenvalue weighted by atomic mass is 19.1. The average Bonchev–Trinajstić information content (AvgIpc) is 3.40. The van der Waals surface area contributed by atoms with E-state index in [4.69, 9.17) is 14.2 Å². The summed E-state index contributed by atoms with van der Waals surface area (Å²) >= 11 is 0. The second-order valence-electron chi connectivity index (χ2n) is 13.6. The van der Waals surface area contributed by atoms with Crippen LogP contribution in [-0.4, -0.2) is 79.3 Å². The van der Waals surface area contributed by atoms with Crippen LogP contribution in [0.4, 0.5) is 15.0 Å². The van der Waals surface area contributed by atoms with Gasteiger partial charge in [0, 0.05) is 42.9 Å². The third kappa shape index (κ3) is 6.27. The van der Waals surface area contributed by atoms with E-state index in [-0.39, 0.29) is 46.8 Å². The Morgan fingerprint density at radius 2 is 1.87 bits per heavy atom. The lowest BCUT2D eigenvalue weighted by Crippen LogP contribution is -2.65. The molecular weight excluding hydrogens is 593 g/mol. The Balaban J connectivity index is 1.08. The fourth-order valence-corrected chi connectivity index (χ4v) is 6.46. The van der Waals surface area contributed by atoms with Gasteiger partial charge in [0.25, 0.3) is 11.8 Å². The van der Waals surface area contributed by atoms with Crippen molar-refractivity contribution in [1.29, 1.82) is 0 Å². The lowest BCUT2D eigenvalue weighted by Gasteiger charge is -2.58. The number of carbonyl (C=O) groups is 2. The summed E-state index contributed by atoms with van der Waals surface area (Å²) in [6, 6.07) is 5.67. The Kier molecular flexibility index (Phi) is 8.20. The summed E-state index contributed by atoms with van der Waals surface area (Å²) in [5, 5.41) is 8.08. The minimum absolute atomic E-state index is 0.0405. The number of hydrogen-bond donors (Lipinski definition) is 0. The SMILES string of the molecule is CCN(C(=O)c1cc(F)ccc1Oc1nncnc1N1CC2(CC(Oc3ccnc4c3CN(C(=O)OC(C)(C)C)C4)C2)C1)C(C)C. The van der Waals surface area contributed by atoms with Crippen molar-refractivity contribution in [3.63, 3.8) is 0 Å². The Labute approximate surface area is 267 Å². The summed E-state index contributed by atoms with van der Waals surface area (Å²) in [5.74, 6) is 0.753. The summed E-state index contributed by atoms with van der Waals surface area (Å²) in [5.41, 5.74) is 1.36. The molecule has 0 radical (unpaired) electrons. The molecule has 46 heavy (non-hydrogen) atoms. The van der Waals surface area contributed by atoms with Crippen LogP contribution in [0.25, 0.3) is 0 Å². The predicted octanol–water partition coefficient (Wildman–Crippen LogP) is 5.37. The van der Waals surface area contributed by atoms with E-state index in [1.165, 1.54) is 24.5 Å².